The average molecular weight is 335 g/mol. The van der Waals surface area contributed by atoms with Gasteiger partial charge in [0, 0.05) is 17.9 Å². The van der Waals surface area contributed by atoms with Crippen molar-refractivity contribution < 1.29 is 61.3 Å². The van der Waals surface area contributed by atoms with E-state index in [9.17, 15) is 9.90 Å². The molecule has 1 aliphatic heterocycles. The van der Waals surface area contributed by atoms with E-state index in [2.05, 4.69) is 5.32 Å². The Morgan fingerprint density at radius 1 is 1.17 bits per heavy atom. The molecule has 2 atom stereocenters. The van der Waals surface area contributed by atoms with Gasteiger partial charge >= 0.3 is 51.4 Å². The van der Waals surface area contributed by atoms with Gasteiger partial charge in [-0.25, -0.2) is 0 Å². The zero-order chi connectivity index (χ0) is 15.4. The molecule has 1 aliphatic rings. The van der Waals surface area contributed by atoms with Crippen molar-refractivity contribution >= 4 is 16.7 Å². The zero-order valence-electron chi connectivity index (χ0n) is 13.8. The van der Waals surface area contributed by atoms with E-state index in [0.29, 0.717) is 12.5 Å². The van der Waals surface area contributed by atoms with Crippen LogP contribution in [0.1, 0.15) is 43.6 Å². The van der Waals surface area contributed by atoms with E-state index < -0.39 is 11.9 Å². The number of carboxylic acids is 1. The standard InChI is InChI=1S/C19H23NO2.K/c21-19(22)18(12-11-15-8-3-4-13-20-15)17-10-5-7-14-6-1-2-9-16(14)17;/h1-2,5-7,9-10,15,18,20H,3-4,8,11-13H2,(H,21,22);/q;+1/p-1. The second kappa shape index (κ2) is 9.30. The molecule has 23 heavy (non-hydrogen) atoms. The first-order valence-electron chi connectivity index (χ1n) is 8.17. The Hall–Kier alpha value is -0.234. The van der Waals surface area contributed by atoms with Crippen LogP contribution in [0, 0.1) is 0 Å². The van der Waals surface area contributed by atoms with Crippen LogP contribution in [0.25, 0.3) is 10.8 Å². The molecule has 0 aliphatic carbocycles. The number of carbonyl (C=O) groups excluding carboxylic acids is 1. The Morgan fingerprint density at radius 3 is 2.70 bits per heavy atom. The molecule has 116 valence electrons. The minimum absolute atomic E-state index is 0. The summed E-state index contributed by atoms with van der Waals surface area (Å²) in [6, 6.07) is 14.3. The molecule has 0 aromatic heterocycles. The molecular formula is C19H22KNO2. The van der Waals surface area contributed by atoms with Gasteiger partial charge in [-0.3, -0.25) is 0 Å². The SMILES string of the molecule is O=C([O-])C(CCC1CCCCN1)c1cccc2ccccc12.[K+]. The first-order valence-corrected chi connectivity index (χ1v) is 8.17. The Labute approximate surface area is 180 Å². The zero-order valence-corrected chi connectivity index (χ0v) is 16.9. The van der Waals surface area contributed by atoms with Crippen molar-refractivity contribution in [3.63, 3.8) is 0 Å². The van der Waals surface area contributed by atoms with Crippen LogP contribution in [-0.4, -0.2) is 18.6 Å². The summed E-state index contributed by atoms with van der Waals surface area (Å²) in [5.41, 5.74) is 0.883. The van der Waals surface area contributed by atoms with E-state index in [-0.39, 0.29) is 51.4 Å². The summed E-state index contributed by atoms with van der Waals surface area (Å²) in [6.07, 6.45) is 5.14. The number of hydrogen-bond donors (Lipinski definition) is 1. The maximum absolute atomic E-state index is 11.7. The number of aliphatic carboxylic acids is 1. The summed E-state index contributed by atoms with van der Waals surface area (Å²) in [6.45, 7) is 1.05. The molecule has 0 saturated carbocycles. The van der Waals surface area contributed by atoms with Crippen LogP contribution in [0.2, 0.25) is 0 Å². The molecule has 1 heterocycles. The van der Waals surface area contributed by atoms with Gasteiger partial charge in [0.25, 0.3) is 0 Å². The minimum Gasteiger partial charge on any atom is -0.549 e. The van der Waals surface area contributed by atoms with Gasteiger partial charge in [0.05, 0.1) is 0 Å². The normalized spacial score (nSPS) is 19.0. The topological polar surface area (TPSA) is 52.2 Å². The van der Waals surface area contributed by atoms with E-state index in [1.807, 2.05) is 42.5 Å². The van der Waals surface area contributed by atoms with E-state index in [1.54, 1.807) is 0 Å². The van der Waals surface area contributed by atoms with Crippen molar-refractivity contribution in [2.24, 2.45) is 0 Å². The Kier molecular flexibility index (Phi) is 7.72. The predicted molar refractivity (Wildman–Crippen MR) is 86.6 cm³/mol. The fourth-order valence-corrected chi connectivity index (χ4v) is 3.49. The number of fused-ring (bicyclic) bond motifs is 1. The Balaban J connectivity index is 0.00000192. The molecule has 2 unspecified atom stereocenters. The fourth-order valence-electron chi connectivity index (χ4n) is 3.49. The molecule has 0 bridgehead atoms. The molecule has 4 heteroatoms. The number of nitrogens with one attached hydrogen (secondary N) is 1. The molecule has 2 aromatic rings. The van der Waals surface area contributed by atoms with Crippen LogP contribution in [0.15, 0.2) is 42.5 Å². The second-order valence-electron chi connectivity index (χ2n) is 6.16. The van der Waals surface area contributed by atoms with Crippen molar-refractivity contribution in [3.8, 4) is 0 Å². The quantitative estimate of drug-likeness (QED) is 0.757. The first-order chi connectivity index (χ1) is 10.8. The number of rotatable bonds is 5. The molecule has 1 fully saturated rings. The van der Waals surface area contributed by atoms with Gasteiger partial charge < -0.3 is 15.2 Å². The van der Waals surface area contributed by atoms with E-state index in [0.717, 1.165) is 35.7 Å². The average Bonchev–Trinajstić information content (AvgIpc) is 2.56. The smallest absolute Gasteiger partial charge is 0.549 e. The van der Waals surface area contributed by atoms with Crippen LogP contribution in [0.4, 0.5) is 0 Å². The first kappa shape index (κ1) is 19.1. The van der Waals surface area contributed by atoms with Crippen molar-refractivity contribution in [1.82, 2.24) is 5.32 Å². The van der Waals surface area contributed by atoms with Gasteiger partial charge in [-0.1, -0.05) is 48.9 Å². The summed E-state index contributed by atoms with van der Waals surface area (Å²) in [7, 11) is 0. The van der Waals surface area contributed by atoms with Crippen LogP contribution in [0.3, 0.4) is 0 Å². The fraction of sp³-hybridized carbons (Fsp3) is 0.421. The van der Waals surface area contributed by atoms with Gasteiger partial charge in [0.2, 0.25) is 0 Å². The predicted octanol–water partition coefficient (Wildman–Crippen LogP) is -0.400. The molecule has 2 aromatic carbocycles. The summed E-state index contributed by atoms with van der Waals surface area (Å²) >= 11 is 0. The van der Waals surface area contributed by atoms with Gasteiger partial charge in [0.1, 0.15) is 0 Å². The summed E-state index contributed by atoms with van der Waals surface area (Å²) < 4.78 is 0. The molecule has 1 N–H and O–H groups in total. The third kappa shape index (κ3) is 4.88. The maximum Gasteiger partial charge on any atom is 1.00 e. The van der Waals surface area contributed by atoms with Gasteiger partial charge in [-0.15, -0.1) is 0 Å². The molecule has 0 radical (unpaired) electrons. The largest absolute Gasteiger partial charge is 1.00 e. The summed E-state index contributed by atoms with van der Waals surface area (Å²) in [5, 5.41) is 17.3. The molecule has 3 rings (SSSR count). The van der Waals surface area contributed by atoms with Gasteiger partial charge in [-0.05, 0) is 48.6 Å². The summed E-state index contributed by atoms with van der Waals surface area (Å²) in [4.78, 5) is 11.7. The van der Waals surface area contributed by atoms with E-state index >= 15 is 0 Å². The van der Waals surface area contributed by atoms with Crippen LogP contribution in [-0.2, 0) is 4.79 Å². The number of hydrogen-bond acceptors (Lipinski definition) is 3. The van der Waals surface area contributed by atoms with E-state index in [4.69, 9.17) is 0 Å². The minimum atomic E-state index is -0.966. The van der Waals surface area contributed by atoms with Crippen LogP contribution in [0.5, 0.6) is 0 Å². The number of benzene rings is 2. The molecular weight excluding hydrogens is 313 g/mol. The van der Waals surface area contributed by atoms with Crippen molar-refractivity contribution in [1.29, 1.82) is 0 Å². The third-order valence-corrected chi connectivity index (χ3v) is 4.70. The second-order valence-corrected chi connectivity index (χ2v) is 6.16. The number of carboxylic acid groups (broad SMARTS) is 1. The molecule has 1 saturated heterocycles. The molecule has 0 amide bonds. The third-order valence-electron chi connectivity index (χ3n) is 4.70. The maximum atomic E-state index is 11.7. The monoisotopic (exact) mass is 335 g/mol. The van der Waals surface area contributed by atoms with Gasteiger partial charge in [-0.2, -0.15) is 0 Å². The van der Waals surface area contributed by atoms with Crippen molar-refractivity contribution in [2.75, 3.05) is 6.54 Å². The Morgan fingerprint density at radius 2 is 1.96 bits per heavy atom. The Bertz CT molecular complexity index is 647. The van der Waals surface area contributed by atoms with E-state index in [1.165, 1.54) is 12.8 Å². The van der Waals surface area contributed by atoms with Crippen molar-refractivity contribution in [3.05, 3.63) is 48.0 Å². The number of carbonyl (C=O) groups is 1. The molecule has 0 spiro atoms. The van der Waals surface area contributed by atoms with Crippen molar-refractivity contribution in [2.45, 2.75) is 44.1 Å². The van der Waals surface area contributed by atoms with Gasteiger partial charge in [0.15, 0.2) is 0 Å². The van der Waals surface area contributed by atoms with Crippen LogP contribution < -0.4 is 61.8 Å². The summed E-state index contributed by atoms with van der Waals surface area (Å²) in [5.74, 6) is -1.50. The number of piperidine rings is 1. The molecule has 3 nitrogen and oxygen atoms in total. The van der Waals surface area contributed by atoms with Crippen LogP contribution >= 0.6 is 0 Å².